The molecule has 42 heavy (non-hydrogen) atoms. The first kappa shape index (κ1) is 29.2. The molecule has 218 valence electrons. The normalized spacial score (nSPS) is 21.0. The van der Waals surface area contributed by atoms with Crippen molar-refractivity contribution in [3.05, 3.63) is 118 Å². The summed E-state index contributed by atoms with van der Waals surface area (Å²) in [6.07, 6.45) is 5.37. The van der Waals surface area contributed by atoms with Crippen LogP contribution in [0, 0.1) is 0 Å². The Hall–Kier alpha value is -2.89. The Bertz CT molecular complexity index is 1550. The van der Waals surface area contributed by atoms with E-state index in [1.165, 1.54) is 0 Å². The molecule has 0 radical (unpaired) electrons. The minimum absolute atomic E-state index is 0.0844. The highest BCUT2D eigenvalue weighted by atomic mass is 35.5. The first-order valence-electron chi connectivity index (χ1n) is 15.1. The average Bonchev–Trinajstić information content (AvgIpc) is 3.03. The van der Waals surface area contributed by atoms with Crippen molar-refractivity contribution in [1.29, 1.82) is 0 Å². The quantitative estimate of drug-likeness (QED) is 0.233. The summed E-state index contributed by atoms with van der Waals surface area (Å²) < 4.78 is 0. The van der Waals surface area contributed by atoms with Crippen LogP contribution in [0.5, 0.6) is 0 Å². The van der Waals surface area contributed by atoms with E-state index in [2.05, 4.69) is 23.1 Å². The molecule has 6 rings (SSSR count). The third-order valence-electron chi connectivity index (χ3n) is 9.52. The van der Waals surface area contributed by atoms with Gasteiger partial charge >= 0.3 is 0 Å². The molecule has 0 unspecified atom stereocenters. The molecule has 0 spiro atoms. The molecule has 1 N–H and O–H groups in total. The largest absolute Gasteiger partial charge is 0.385 e. The lowest BCUT2D eigenvalue weighted by atomic mass is 9.70. The molecule has 4 aromatic carbocycles. The van der Waals surface area contributed by atoms with Crippen LogP contribution in [0.2, 0.25) is 10.0 Å². The highest BCUT2D eigenvalue weighted by molar-refractivity contribution is 6.42. The van der Waals surface area contributed by atoms with Crippen molar-refractivity contribution in [1.82, 2.24) is 9.80 Å². The average molecular weight is 602 g/mol. The third-order valence-corrected chi connectivity index (χ3v) is 10.3. The van der Waals surface area contributed by atoms with Gasteiger partial charge in [-0.3, -0.25) is 4.79 Å². The van der Waals surface area contributed by atoms with E-state index < -0.39 is 5.60 Å². The molecule has 6 heteroatoms. The second kappa shape index (κ2) is 12.4. The minimum atomic E-state index is -0.744. The molecule has 2 aliphatic rings. The van der Waals surface area contributed by atoms with E-state index in [9.17, 15) is 9.90 Å². The maximum Gasteiger partial charge on any atom is 0.253 e. The van der Waals surface area contributed by atoms with Crippen molar-refractivity contribution in [2.24, 2.45) is 0 Å². The van der Waals surface area contributed by atoms with E-state index in [1.54, 1.807) is 0 Å². The van der Waals surface area contributed by atoms with Crippen molar-refractivity contribution in [2.45, 2.75) is 49.5 Å². The molecule has 2 heterocycles. The van der Waals surface area contributed by atoms with Gasteiger partial charge in [-0.2, -0.15) is 0 Å². The molecular weight excluding hydrogens is 563 g/mol. The van der Waals surface area contributed by atoms with Crippen LogP contribution in [0.1, 0.15) is 60.0 Å². The van der Waals surface area contributed by atoms with Crippen LogP contribution in [-0.2, 0) is 11.0 Å². The zero-order chi connectivity index (χ0) is 29.2. The Morgan fingerprint density at radius 2 is 1.50 bits per heavy atom. The molecule has 2 aliphatic heterocycles. The number of rotatable bonds is 7. The SMILES string of the molecule is O=C(c1ccc2ccccc2c1)N1CCC[C@@](CCCN2CCC(O)(c3ccccc3)CC2)(c2ccc(Cl)c(Cl)c2)C1. The van der Waals surface area contributed by atoms with Gasteiger partial charge in [-0.25, -0.2) is 0 Å². The number of hydrogen-bond acceptors (Lipinski definition) is 3. The van der Waals surface area contributed by atoms with Crippen LogP contribution in [0.25, 0.3) is 10.8 Å². The van der Waals surface area contributed by atoms with Crippen LogP contribution in [-0.4, -0.2) is 53.5 Å². The van der Waals surface area contributed by atoms with Crippen molar-refractivity contribution >= 4 is 39.9 Å². The van der Waals surface area contributed by atoms with E-state index in [-0.39, 0.29) is 11.3 Å². The predicted octanol–water partition coefficient (Wildman–Crippen LogP) is 8.08. The summed E-state index contributed by atoms with van der Waals surface area (Å²) >= 11 is 12.9. The van der Waals surface area contributed by atoms with Gasteiger partial charge in [0.15, 0.2) is 0 Å². The number of nitrogens with zero attached hydrogens (tertiary/aromatic N) is 2. The van der Waals surface area contributed by atoms with Gasteiger partial charge in [-0.05, 0) is 91.2 Å². The topological polar surface area (TPSA) is 43.8 Å². The number of halogens is 2. The molecule has 2 saturated heterocycles. The number of benzene rings is 4. The fraction of sp³-hybridized carbons (Fsp3) is 0.361. The Kier molecular flexibility index (Phi) is 8.61. The van der Waals surface area contributed by atoms with E-state index in [1.807, 2.05) is 77.7 Å². The minimum Gasteiger partial charge on any atom is -0.385 e. The summed E-state index contributed by atoms with van der Waals surface area (Å²) in [7, 11) is 0. The second-order valence-electron chi connectivity index (χ2n) is 12.1. The van der Waals surface area contributed by atoms with Crippen LogP contribution in [0.4, 0.5) is 0 Å². The predicted molar refractivity (Wildman–Crippen MR) is 172 cm³/mol. The van der Waals surface area contributed by atoms with Crippen LogP contribution in [0.3, 0.4) is 0 Å². The smallest absolute Gasteiger partial charge is 0.253 e. The first-order chi connectivity index (χ1) is 20.4. The molecular formula is C36H38Cl2N2O2. The zero-order valence-electron chi connectivity index (χ0n) is 23.9. The molecule has 2 fully saturated rings. The zero-order valence-corrected chi connectivity index (χ0v) is 25.5. The second-order valence-corrected chi connectivity index (χ2v) is 13.0. The fourth-order valence-corrected chi connectivity index (χ4v) is 7.34. The number of amides is 1. The Morgan fingerprint density at radius 1 is 0.762 bits per heavy atom. The van der Waals surface area contributed by atoms with Crippen molar-refractivity contribution in [3.63, 3.8) is 0 Å². The van der Waals surface area contributed by atoms with Crippen LogP contribution < -0.4 is 0 Å². The lowest BCUT2D eigenvalue weighted by Crippen LogP contribution is -2.49. The Morgan fingerprint density at radius 3 is 2.26 bits per heavy atom. The molecule has 1 amide bonds. The number of fused-ring (bicyclic) bond motifs is 1. The standard InChI is InChI=1S/C36H38Cl2N2O2/c37-32-15-14-31(25-33(32)38)35(16-6-20-39-22-18-36(42,19-23-39)30-10-2-1-3-11-30)17-7-21-40(26-35)34(41)29-13-12-27-8-4-5-9-28(27)24-29/h1-5,8-15,24-25,42H,6-7,16-23,26H2/t35-/m1/s1. The van der Waals surface area contributed by atoms with Gasteiger partial charge in [0.25, 0.3) is 5.91 Å². The van der Waals surface area contributed by atoms with Gasteiger partial charge in [0, 0.05) is 37.2 Å². The highest BCUT2D eigenvalue weighted by Gasteiger charge is 2.39. The summed E-state index contributed by atoms with van der Waals surface area (Å²) in [5, 5.41) is 14.6. The summed E-state index contributed by atoms with van der Waals surface area (Å²) in [6.45, 7) is 4.12. The summed E-state index contributed by atoms with van der Waals surface area (Å²) in [6, 6.07) is 30.2. The van der Waals surface area contributed by atoms with Gasteiger partial charge in [0.2, 0.25) is 0 Å². The van der Waals surface area contributed by atoms with Gasteiger partial charge in [-0.1, -0.05) is 89.9 Å². The van der Waals surface area contributed by atoms with Crippen LogP contribution in [0.15, 0.2) is 91.0 Å². The van der Waals surface area contributed by atoms with Gasteiger partial charge in [0.05, 0.1) is 15.6 Å². The van der Waals surface area contributed by atoms with Gasteiger partial charge in [0.1, 0.15) is 0 Å². The third kappa shape index (κ3) is 6.09. The summed E-state index contributed by atoms with van der Waals surface area (Å²) in [5.74, 6) is 0.0844. The van der Waals surface area contributed by atoms with E-state index in [0.717, 1.165) is 92.2 Å². The first-order valence-corrected chi connectivity index (χ1v) is 15.8. The van der Waals surface area contributed by atoms with E-state index in [0.29, 0.717) is 16.6 Å². The van der Waals surface area contributed by atoms with Gasteiger partial charge < -0.3 is 14.9 Å². The number of piperidine rings is 2. The van der Waals surface area contributed by atoms with Crippen molar-refractivity contribution in [2.75, 3.05) is 32.7 Å². The lowest BCUT2D eigenvalue weighted by Gasteiger charge is -2.44. The highest BCUT2D eigenvalue weighted by Crippen LogP contribution is 2.41. The van der Waals surface area contributed by atoms with Gasteiger partial charge in [-0.15, -0.1) is 0 Å². The Balaban J connectivity index is 1.17. The van der Waals surface area contributed by atoms with E-state index >= 15 is 0 Å². The number of hydrogen-bond donors (Lipinski definition) is 1. The molecule has 1 atom stereocenters. The van der Waals surface area contributed by atoms with Crippen molar-refractivity contribution < 1.29 is 9.90 Å². The summed E-state index contributed by atoms with van der Waals surface area (Å²) in [5.41, 5.74) is 1.97. The molecule has 0 aromatic heterocycles. The number of likely N-dealkylation sites (tertiary alicyclic amines) is 2. The monoisotopic (exact) mass is 600 g/mol. The van der Waals surface area contributed by atoms with Crippen molar-refractivity contribution in [3.8, 4) is 0 Å². The molecule has 4 nitrogen and oxygen atoms in total. The maximum absolute atomic E-state index is 13.8. The Labute approximate surface area is 258 Å². The number of carbonyl (C=O) groups is 1. The maximum atomic E-state index is 13.8. The number of carbonyl (C=O) groups excluding carboxylic acids is 1. The van der Waals surface area contributed by atoms with E-state index in [4.69, 9.17) is 23.2 Å². The molecule has 0 aliphatic carbocycles. The summed E-state index contributed by atoms with van der Waals surface area (Å²) in [4.78, 5) is 18.3. The van der Waals surface area contributed by atoms with Crippen LogP contribution >= 0.6 is 23.2 Å². The molecule has 0 saturated carbocycles. The number of aliphatic hydroxyl groups is 1. The molecule has 4 aromatic rings. The lowest BCUT2D eigenvalue weighted by molar-refractivity contribution is -0.0265. The fourth-order valence-electron chi connectivity index (χ4n) is 7.04. The molecule has 0 bridgehead atoms.